The first-order valence-corrected chi connectivity index (χ1v) is 10.3. The molecule has 5 nitrogen and oxygen atoms in total. The Labute approximate surface area is 165 Å². The van der Waals surface area contributed by atoms with Gasteiger partial charge in [0.1, 0.15) is 0 Å². The van der Waals surface area contributed by atoms with Crippen molar-refractivity contribution < 1.29 is 13.2 Å². The number of hydrogen-bond donors (Lipinski definition) is 1. The summed E-state index contributed by atoms with van der Waals surface area (Å²) in [5.74, 6) is -0.205. The van der Waals surface area contributed by atoms with E-state index in [4.69, 9.17) is 0 Å². The minimum absolute atomic E-state index is 0.205. The van der Waals surface area contributed by atoms with Crippen LogP contribution in [0.25, 0.3) is 0 Å². The molecular weight excluding hydrogens is 372 g/mol. The van der Waals surface area contributed by atoms with Crippen LogP contribution in [0.5, 0.6) is 0 Å². The van der Waals surface area contributed by atoms with Gasteiger partial charge < -0.3 is 5.32 Å². The van der Waals surface area contributed by atoms with Crippen molar-refractivity contribution in [3.63, 3.8) is 0 Å². The molecule has 0 radical (unpaired) electrons. The van der Waals surface area contributed by atoms with E-state index in [1.807, 2.05) is 31.2 Å². The molecule has 144 valence electrons. The van der Waals surface area contributed by atoms with Crippen LogP contribution in [0.3, 0.4) is 0 Å². The lowest BCUT2D eigenvalue weighted by Crippen LogP contribution is -2.27. The van der Waals surface area contributed by atoms with Crippen LogP contribution in [0, 0.1) is 6.92 Å². The molecule has 3 aromatic carbocycles. The molecule has 0 saturated heterocycles. The van der Waals surface area contributed by atoms with E-state index in [1.54, 1.807) is 54.6 Å². The number of anilines is 1. The van der Waals surface area contributed by atoms with Crippen molar-refractivity contribution >= 4 is 21.6 Å². The number of nitrogens with zero attached hydrogens (tertiary/aromatic N) is 1. The molecule has 0 aromatic heterocycles. The quantitative estimate of drug-likeness (QED) is 0.692. The molecule has 0 atom stereocenters. The fourth-order valence-corrected chi connectivity index (χ4v) is 4.01. The molecule has 6 heteroatoms. The molecule has 0 aliphatic rings. The van der Waals surface area contributed by atoms with E-state index < -0.39 is 10.0 Å². The predicted molar refractivity (Wildman–Crippen MR) is 111 cm³/mol. The van der Waals surface area contributed by atoms with Crippen molar-refractivity contribution in [2.45, 2.75) is 18.4 Å². The second-order valence-corrected chi connectivity index (χ2v) is 8.41. The third-order valence-corrected chi connectivity index (χ3v) is 6.40. The highest BCUT2D eigenvalue weighted by Gasteiger charge is 2.21. The summed E-state index contributed by atoms with van der Waals surface area (Å²) < 4.78 is 26.6. The van der Waals surface area contributed by atoms with E-state index in [1.165, 1.54) is 11.4 Å². The molecule has 0 heterocycles. The van der Waals surface area contributed by atoms with Gasteiger partial charge >= 0.3 is 0 Å². The van der Waals surface area contributed by atoms with E-state index in [0.29, 0.717) is 17.8 Å². The Kier molecular flexibility index (Phi) is 5.80. The Morgan fingerprint density at radius 2 is 1.50 bits per heavy atom. The van der Waals surface area contributed by atoms with Gasteiger partial charge in [0, 0.05) is 19.2 Å². The maximum Gasteiger partial charge on any atom is 0.264 e. The number of aryl methyl sites for hydroxylation is 1. The summed E-state index contributed by atoms with van der Waals surface area (Å²) in [6.07, 6.45) is 0. The van der Waals surface area contributed by atoms with Gasteiger partial charge in [-0.3, -0.25) is 9.10 Å². The summed E-state index contributed by atoms with van der Waals surface area (Å²) in [5, 5.41) is 2.89. The van der Waals surface area contributed by atoms with Gasteiger partial charge in [0.05, 0.1) is 10.6 Å². The second kappa shape index (κ2) is 8.27. The van der Waals surface area contributed by atoms with Gasteiger partial charge in [0.2, 0.25) is 0 Å². The van der Waals surface area contributed by atoms with Crippen LogP contribution in [-0.2, 0) is 16.6 Å². The van der Waals surface area contributed by atoms with Gasteiger partial charge in [-0.15, -0.1) is 0 Å². The lowest BCUT2D eigenvalue weighted by atomic mass is 10.1. The van der Waals surface area contributed by atoms with Crippen LogP contribution in [0.15, 0.2) is 83.8 Å². The molecule has 0 spiro atoms. The summed E-state index contributed by atoms with van der Waals surface area (Å²) >= 11 is 0. The average Bonchev–Trinajstić information content (AvgIpc) is 2.73. The largest absolute Gasteiger partial charge is 0.348 e. The summed E-state index contributed by atoms with van der Waals surface area (Å²) in [4.78, 5) is 12.6. The fourth-order valence-electron chi connectivity index (χ4n) is 2.80. The Bertz CT molecular complexity index is 1060. The van der Waals surface area contributed by atoms with Crippen LogP contribution >= 0.6 is 0 Å². The summed E-state index contributed by atoms with van der Waals surface area (Å²) in [5.41, 5.74) is 3.13. The number of nitrogens with one attached hydrogen (secondary N) is 1. The molecule has 1 amide bonds. The van der Waals surface area contributed by atoms with Crippen molar-refractivity contribution in [3.8, 4) is 0 Å². The second-order valence-electron chi connectivity index (χ2n) is 6.44. The lowest BCUT2D eigenvalue weighted by molar-refractivity contribution is 0.0951. The summed E-state index contributed by atoms with van der Waals surface area (Å²) in [7, 11) is -2.15. The van der Waals surface area contributed by atoms with Gasteiger partial charge in [-0.25, -0.2) is 8.42 Å². The van der Waals surface area contributed by atoms with Crippen molar-refractivity contribution in [3.05, 3.63) is 95.6 Å². The number of rotatable bonds is 6. The Balaban J connectivity index is 1.71. The topological polar surface area (TPSA) is 66.5 Å². The molecule has 3 rings (SSSR count). The molecule has 3 aromatic rings. The van der Waals surface area contributed by atoms with Crippen molar-refractivity contribution in [1.29, 1.82) is 0 Å². The maximum atomic E-state index is 12.7. The Morgan fingerprint density at radius 3 is 2.14 bits per heavy atom. The van der Waals surface area contributed by atoms with Crippen molar-refractivity contribution in [1.82, 2.24) is 5.32 Å². The zero-order valence-electron chi connectivity index (χ0n) is 15.8. The number of carbonyl (C=O) groups excluding carboxylic acids is 1. The Hall–Kier alpha value is -3.12. The van der Waals surface area contributed by atoms with Crippen LogP contribution in [0.1, 0.15) is 21.5 Å². The zero-order chi connectivity index (χ0) is 20.1. The van der Waals surface area contributed by atoms with E-state index in [0.717, 1.165) is 11.1 Å². The van der Waals surface area contributed by atoms with Gasteiger partial charge in [0.25, 0.3) is 15.9 Å². The van der Waals surface area contributed by atoms with Crippen molar-refractivity contribution in [2.24, 2.45) is 0 Å². The highest BCUT2D eigenvalue weighted by atomic mass is 32.2. The molecular formula is C22H22N2O3S. The first-order valence-electron chi connectivity index (χ1n) is 8.86. The molecule has 0 saturated carbocycles. The minimum atomic E-state index is -3.64. The smallest absolute Gasteiger partial charge is 0.264 e. The normalized spacial score (nSPS) is 11.1. The highest BCUT2D eigenvalue weighted by Crippen LogP contribution is 2.22. The number of benzene rings is 3. The fraction of sp³-hybridized carbons (Fsp3) is 0.136. The highest BCUT2D eigenvalue weighted by molar-refractivity contribution is 7.92. The van der Waals surface area contributed by atoms with Crippen LogP contribution in [-0.4, -0.2) is 21.4 Å². The summed E-state index contributed by atoms with van der Waals surface area (Å²) in [6.45, 7) is 2.44. The predicted octanol–water partition coefficient (Wildman–Crippen LogP) is 3.75. The molecule has 28 heavy (non-hydrogen) atoms. The Morgan fingerprint density at radius 1 is 0.893 bits per heavy atom. The molecule has 1 N–H and O–H groups in total. The molecule has 0 aliphatic heterocycles. The monoisotopic (exact) mass is 394 g/mol. The van der Waals surface area contributed by atoms with Gasteiger partial charge in [-0.05, 0) is 54.4 Å². The average molecular weight is 394 g/mol. The standard InChI is InChI=1S/C22H22N2O3S/c1-17-8-6-7-9-19(17)16-23-22(25)18-12-14-20(15-13-18)24(2)28(26,27)21-10-4-3-5-11-21/h3-15H,16H2,1-2H3,(H,23,25). The van der Waals surface area contributed by atoms with Gasteiger partial charge in [-0.2, -0.15) is 0 Å². The van der Waals surface area contributed by atoms with Crippen LogP contribution in [0.2, 0.25) is 0 Å². The van der Waals surface area contributed by atoms with E-state index >= 15 is 0 Å². The zero-order valence-corrected chi connectivity index (χ0v) is 16.6. The van der Waals surface area contributed by atoms with E-state index in [2.05, 4.69) is 5.32 Å². The molecule has 0 unspecified atom stereocenters. The summed E-state index contributed by atoms with van der Waals surface area (Å²) in [6, 6.07) is 22.6. The molecule has 0 aliphatic carbocycles. The van der Waals surface area contributed by atoms with Gasteiger partial charge in [0.15, 0.2) is 0 Å². The van der Waals surface area contributed by atoms with Crippen molar-refractivity contribution in [2.75, 3.05) is 11.4 Å². The maximum absolute atomic E-state index is 12.7. The van der Waals surface area contributed by atoms with E-state index in [9.17, 15) is 13.2 Å². The molecule has 0 bridgehead atoms. The number of carbonyl (C=O) groups is 1. The minimum Gasteiger partial charge on any atom is -0.348 e. The number of sulfonamides is 1. The SMILES string of the molecule is Cc1ccccc1CNC(=O)c1ccc(N(C)S(=O)(=O)c2ccccc2)cc1. The van der Waals surface area contributed by atoms with Crippen LogP contribution in [0.4, 0.5) is 5.69 Å². The first kappa shape index (κ1) is 19.6. The first-order chi connectivity index (χ1) is 13.4. The number of hydrogen-bond acceptors (Lipinski definition) is 3. The third kappa shape index (κ3) is 4.23. The third-order valence-electron chi connectivity index (χ3n) is 4.60. The van der Waals surface area contributed by atoms with Gasteiger partial charge in [-0.1, -0.05) is 42.5 Å². The molecule has 0 fully saturated rings. The number of amides is 1. The lowest BCUT2D eigenvalue weighted by Gasteiger charge is -2.19. The van der Waals surface area contributed by atoms with E-state index in [-0.39, 0.29) is 10.8 Å². The van der Waals surface area contributed by atoms with Crippen LogP contribution < -0.4 is 9.62 Å².